The molecule has 1 aromatic rings. The maximum atomic E-state index is 12.1. The lowest BCUT2D eigenvalue weighted by Gasteiger charge is -2.28. The predicted molar refractivity (Wildman–Crippen MR) is 90.2 cm³/mol. The molecule has 7 heteroatoms. The average molecular weight is 374 g/mol. The number of carbonyl (C=O) groups excluding carboxylic acids is 1. The Hall–Kier alpha value is -0.663. The number of rotatable bonds is 6. The van der Waals surface area contributed by atoms with Gasteiger partial charge in [0.15, 0.2) is 0 Å². The van der Waals surface area contributed by atoms with Gasteiger partial charge >= 0.3 is 0 Å². The van der Waals surface area contributed by atoms with Crippen molar-refractivity contribution >= 4 is 35.7 Å². The number of piperidine rings is 1. The van der Waals surface area contributed by atoms with Crippen molar-refractivity contribution < 1.29 is 9.53 Å². The molecule has 0 aliphatic carbocycles. The second kappa shape index (κ2) is 7.06. The molecule has 0 radical (unpaired) electrons. The van der Waals surface area contributed by atoms with E-state index in [1.807, 2.05) is 11.0 Å². The molecule has 21 heavy (non-hydrogen) atoms. The molecule has 2 rings (SSSR count). The van der Waals surface area contributed by atoms with Gasteiger partial charge < -0.3 is 4.74 Å². The molecule has 1 aromatic heterocycles. The van der Waals surface area contributed by atoms with E-state index in [2.05, 4.69) is 40.7 Å². The van der Waals surface area contributed by atoms with Crippen molar-refractivity contribution in [3.05, 3.63) is 10.7 Å². The molecule has 0 bridgehead atoms. The highest BCUT2D eigenvalue weighted by molar-refractivity contribution is 9.10. The van der Waals surface area contributed by atoms with E-state index < -0.39 is 8.07 Å². The molecule has 1 amide bonds. The number of aromatic nitrogens is 2. The monoisotopic (exact) mass is 373 g/mol. The summed E-state index contributed by atoms with van der Waals surface area (Å²) in [5.74, 6) is 1.01. The summed E-state index contributed by atoms with van der Waals surface area (Å²) in [4.78, 5) is 13.9. The number of anilines is 1. The van der Waals surface area contributed by atoms with Gasteiger partial charge in [0.25, 0.3) is 0 Å². The van der Waals surface area contributed by atoms with Gasteiger partial charge in [-0.2, -0.15) is 24.7 Å². The average Bonchev–Trinajstić information content (AvgIpc) is 2.75. The van der Waals surface area contributed by atoms with Crippen LogP contribution in [0.4, 0.5) is 5.82 Å². The van der Waals surface area contributed by atoms with Crippen LogP contribution in [0.25, 0.3) is 0 Å². The molecule has 1 aliphatic heterocycles. The quantitative estimate of drug-likeness (QED) is 0.566. The molecule has 0 aromatic carbocycles. The molecule has 5 nitrogen and oxygen atoms in total. The smallest absolute Gasteiger partial charge is 0.228 e. The van der Waals surface area contributed by atoms with Gasteiger partial charge in [-0.3, -0.25) is 9.69 Å². The van der Waals surface area contributed by atoms with Gasteiger partial charge in [-0.25, -0.2) is 4.68 Å². The van der Waals surface area contributed by atoms with Gasteiger partial charge in [0, 0.05) is 25.6 Å². The molecule has 1 aliphatic rings. The van der Waals surface area contributed by atoms with Crippen LogP contribution < -0.4 is 4.90 Å². The van der Waals surface area contributed by atoms with Crippen molar-refractivity contribution in [2.24, 2.45) is 0 Å². The van der Waals surface area contributed by atoms with E-state index >= 15 is 0 Å². The lowest BCUT2D eigenvalue weighted by Crippen LogP contribution is -2.37. The zero-order valence-corrected chi connectivity index (χ0v) is 15.6. The van der Waals surface area contributed by atoms with Gasteiger partial charge in [-0.15, -0.1) is 14.1 Å². The minimum Gasteiger partial charge on any atom is -0.362 e. The topological polar surface area (TPSA) is 47.4 Å². The summed E-state index contributed by atoms with van der Waals surface area (Å²) in [5, 5.41) is 4.38. The Labute approximate surface area is 135 Å². The van der Waals surface area contributed by atoms with Crippen molar-refractivity contribution in [2.45, 2.75) is 51.7 Å². The molecule has 119 valence electrons. The summed E-state index contributed by atoms with van der Waals surface area (Å²) in [7, 11) is -1.08. The van der Waals surface area contributed by atoms with E-state index in [0.717, 1.165) is 42.5 Å². The van der Waals surface area contributed by atoms with Crippen LogP contribution >= 0.6 is 15.9 Å². The largest absolute Gasteiger partial charge is 0.362 e. The summed E-state index contributed by atoms with van der Waals surface area (Å²) in [5.41, 5.74) is 0. The number of hydrogen-bond donors (Lipinski definition) is 0. The predicted octanol–water partition coefficient (Wildman–Crippen LogP) is 3.47. The van der Waals surface area contributed by atoms with E-state index in [4.69, 9.17) is 4.74 Å². The highest BCUT2D eigenvalue weighted by Gasteiger charge is 2.23. The first-order valence-corrected chi connectivity index (χ1v) is 12.0. The molecular weight excluding hydrogens is 350 g/mol. The minimum atomic E-state index is -1.08. The Bertz CT molecular complexity index is 499. The molecule has 0 atom stereocenters. The van der Waals surface area contributed by atoms with Gasteiger partial charge in [0.1, 0.15) is 17.2 Å². The fourth-order valence-corrected chi connectivity index (χ4v) is 3.42. The van der Waals surface area contributed by atoms with Crippen LogP contribution in [0.2, 0.25) is 25.7 Å². The van der Waals surface area contributed by atoms with E-state index in [-0.39, 0.29) is 5.91 Å². The summed E-state index contributed by atoms with van der Waals surface area (Å²) in [6.07, 6.45) is 2.65. The first-order valence-electron chi connectivity index (χ1n) is 7.48. The Balaban J connectivity index is 1.98. The number of halogens is 1. The highest BCUT2D eigenvalue weighted by Crippen LogP contribution is 2.24. The van der Waals surface area contributed by atoms with Gasteiger partial charge in [0.05, 0.1) is 0 Å². The zero-order chi connectivity index (χ0) is 15.5. The third kappa shape index (κ3) is 4.93. The molecule has 1 saturated heterocycles. The normalized spacial score (nSPS) is 16.6. The van der Waals surface area contributed by atoms with Crippen LogP contribution in [0.1, 0.15) is 19.3 Å². The number of hydrogen-bond acceptors (Lipinski definition) is 3. The first kappa shape index (κ1) is 16.7. The van der Waals surface area contributed by atoms with Crippen LogP contribution in [-0.2, 0) is 16.3 Å². The van der Waals surface area contributed by atoms with Crippen LogP contribution in [0, 0.1) is 0 Å². The lowest BCUT2D eigenvalue weighted by atomic mass is 10.1. The van der Waals surface area contributed by atoms with E-state index in [1.54, 1.807) is 4.68 Å². The molecule has 1 fully saturated rings. The molecule has 0 spiro atoms. The van der Waals surface area contributed by atoms with Gasteiger partial charge in [-0.1, -0.05) is 0 Å². The van der Waals surface area contributed by atoms with E-state index in [1.165, 1.54) is 0 Å². The third-order valence-electron chi connectivity index (χ3n) is 3.54. The van der Waals surface area contributed by atoms with E-state index in [9.17, 15) is 4.79 Å². The molecule has 2 heterocycles. The van der Waals surface area contributed by atoms with Crippen molar-refractivity contribution in [1.29, 1.82) is 0 Å². The van der Waals surface area contributed by atoms with Crippen molar-refractivity contribution in [1.82, 2.24) is 9.78 Å². The SMILES string of the molecule is C[Si-](C)(C)CCOCn1nc(Br)cc1N1CCCCC1=O. The summed E-state index contributed by atoms with van der Waals surface area (Å²) in [6, 6.07) is 3.03. The second-order valence-corrected chi connectivity index (χ2v) is 13.1. The molecule has 0 N–H and O–H groups in total. The third-order valence-corrected chi connectivity index (χ3v) is 5.63. The maximum absolute atomic E-state index is 12.1. The number of amides is 1. The first-order chi connectivity index (χ1) is 9.87. The van der Waals surface area contributed by atoms with Crippen molar-refractivity contribution in [2.75, 3.05) is 18.1 Å². The van der Waals surface area contributed by atoms with Crippen LogP contribution in [0.3, 0.4) is 0 Å². The zero-order valence-electron chi connectivity index (χ0n) is 13.1. The fourth-order valence-electron chi connectivity index (χ4n) is 2.27. The standard InChI is InChI=1S/C14H24BrN3O2Si/c1-21(2,3)9-8-20-11-18-13(10-12(15)16-18)17-7-5-4-6-14(17)19/h10H,4-9,11H2,1-3H3/q-1. The summed E-state index contributed by atoms with van der Waals surface area (Å²) < 4.78 is 8.27. The van der Waals surface area contributed by atoms with Crippen molar-refractivity contribution in [3.8, 4) is 0 Å². The number of ether oxygens (including phenoxy) is 1. The number of nitrogens with zero attached hydrogens (tertiary/aromatic N) is 3. The Morgan fingerprint density at radius 2 is 2.14 bits per heavy atom. The van der Waals surface area contributed by atoms with Crippen molar-refractivity contribution in [3.63, 3.8) is 0 Å². The van der Waals surface area contributed by atoms with Gasteiger partial charge in [0.2, 0.25) is 5.91 Å². The Kier molecular flexibility index (Phi) is 5.62. The molecular formula is C14H24BrN3O2Si-. The molecule has 0 unspecified atom stereocenters. The maximum Gasteiger partial charge on any atom is 0.228 e. The number of carbonyl (C=O) groups is 1. The van der Waals surface area contributed by atoms with Crippen LogP contribution in [-0.4, -0.2) is 36.9 Å². The van der Waals surface area contributed by atoms with E-state index in [0.29, 0.717) is 13.2 Å². The van der Waals surface area contributed by atoms with Gasteiger partial charge in [-0.05, 0) is 28.8 Å². The minimum absolute atomic E-state index is 0.178. The Morgan fingerprint density at radius 1 is 1.38 bits per heavy atom. The Morgan fingerprint density at radius 3 is 2.81 bits per heavy atom. The fraction of sp³-hybridized carbons (Fsp3) is 0.714. The highest BCUT2D eigenvalue weighted by atomic mass is 79.9. The second-order valence-electron chi connectivity index (χ2n) is 6.68. The summed E-state index contributed by atoms with van der Waals surface area (Å²) >= 11 is 3.39. The summed E-state index contributed by atoms with van der Waals surface area (Å²) in [6.45, 7) is 8.91. The van der Waals surface area contributed by atoms with Crippen LogP contribution in [0.5, 0.6) is 0 Å². The molecule has 0 saturated carbocycles. The lowest BCUT2D eigenvalue weighted by molar-refractivity contribution is -0.119. The van der Waals surface area contributed by atoms with Crippen LogP contribution in [0.15, 0.2) is 10.7 Å².